The smallest absolute Gasteiger partial charge is 0.466 e. The molecule has 1 aromatic rings. The van der Waals surface area contributed by atoms with Crippen molar-refractivity contribution < 1.29 is 30.5 Å². The summed E-state index contributed by atoms with van der Waals surface area (Å²) in [7, 11) is -4.64. The third-order valence-electron chi connectivity index (χ3n) is 3.21. The lowest BCUT2D eigenvalue weighted by atomic mass is 9.84. The molecule has 2 rings (SSSR count). The summed E-state index contributed by atoms with van der Waals surface area (Å²) in [6.07, 6.45) is 6.05. The quantitative estimate of drug-likeness (QED) is 0.417. The molecule has 120 valence electrons. The van der Waals surface area contributed by atoms with Gasteiger partial charge in [-0.2, -0.15) is 0 Å². The molecule has 1 aliphatic rings. The van der Waals surface area contributed by atoms with E-state index in [1.165, 1.54) is 19.3 Å². The van der Waals surface area contributed by atoms with E-state index in [0.29, 0.717) is 5.92 Å². The molecule has 0 aliphatic heterocycles. The van der Waals surface area contributed by atoms with E-state index in [1.807, 2.05) is 6.07 Å². The molecule has 0 spiro atoms. The number of phenols is 1. The van der Waals surface area contributed by atoms with Crippen molar-refractivity contribution in [1.29, 1.82) is 0 Å². The Morgan fingerprint density at radius 1 is 1.05 bits per heavy atom. The fraction of sp³-hybridized carbons (Fsp3) is 0.500. The van der Waals surface area contributed by atoms with Crippen LogP contribution in [-0.2, 0) is 10.7 Å². The molecule has 0 amide bonds. The van der Waals surface area contributed by atoms with Crippen LogP contribution in [0.4, 0.5) is 0 Å². The Kier molecular flexibility index (Phi) is 7.22. The molecular weight excluding hydrogens is 414 g/mol. The maximum Gasteiger partial charge on any atom is 0.466 e. The summed E-state index contributed by atoms with van der Waals surface area (Å²) in [4.78, 5) is 21.6. The van der Waals surface area contributed by atoms with E-state index >= 15 is 0 Å². The Bertz CT molecular complexity index is 571. The van der Waals surface area contributed by atoms with Crippen LogP contribution in [0, 0.1) is 3.57 Å². The second-order valence-corrected chi connectivity index (χ2v) is 8.21. The van der Waals surface area contributed by atoms with Crippen LogP contribution in [0.25, 0.3) is 0 Å². The Morgan fingerprint density at radius 3 is 2.00 bits per heavy atom. The molecule has 0 atom stereocenters. The number of benzene rings is 1. The van der Waals surface area contributed by atoms with E-state index in [-0.39, 0.29) is 9.32 Å². The van der Waals surface area contributed by atoms with Gasteiger partial charge in [0.15, 0.2) is 0 Å². The van der Waals surface area contributed by atoms with Crippen molar-refractivity contribution in [1.82, 2.24) is 0 Å². The largest absolute Gasteiger partial charge is 0.507 e. The van der Waals surface area contributed by atoms with Crippen LogP contribution in [-0.4, -0.2) is 19.8 Å². The fourth-order valence-electron chi connectivity index (χ4n) is 2.35. The zero-order valence-electron chi connectivity index (χ0n) is 11.2. The summed E-state index contributed by atoms with van der Waals surface area (Å²) in [5.74, 6) is 0.424. The Labute approximate surface area is 129 Å². The summed E-state index contributed by atoms with van der Waals surface area (Å²) in [5, 5.41) is 9.63. The van der Waals surface area contributed by atoms with Crippen LogP contribution in [0.15, 0.2) is 18.2 Å². The molecule has 21 heavy (non-hydrogen) atoms. The number of hydrogen-bond acceptors (Lipinski definition) is 4. The highest BCUT2D eigenvalue weighted by Crippen LogP contribution is 2.36. The minimum absolute atomic E-state index is 0.0710. The summed E-state index contributed by atoms with van der Waals surface area (Å²) in [5.41, 5.74) is 1.08. The topological polar surface area (TPSA) is 132 Å². The molecule has 1 fully saturated rings. The number of phenolic OH excluding ortho intramolecular Hbond substituents is 1. The maximum atomic E-state index is 10.9. The van der Waals surface area contributed by atoms with Crippen LogP contribution < -0.4 is 0 Å². The third-order valence-corrected chi connectivity index (χ3v) is 5.07. The van der Waals surface area contributed by atoms with Gasteiger partial charge in [0.25, 0.3) is 0 Å². The van der Waals surface area contributed by atoms with Crippen molar-refractivity contribution in [3.63, 3.8) is 0 Å². The molecule has 1 aromatic carbocycles. The van der Waals surface area contributed by atoms with Gasteiger partial charge < -0.3 is 19.8 Å². The summed E-state index contributed by atoms with van der Waals surface area (Å²) in [6, 6.07) is 5.03. The molecule has 0 heterocycles. The van der Waals surface area contributed by atoms with Crippen molar-refractivity contribution in [2.75, 3.05) is 0 Å². The van der Waals surface area contributed by atoms with E-state index in [1.54, 1.807) is 12.1 Å². The van der Waals surface area contributed by atoms with Gasteiger partial charge in [0.05, 0.1) is 0 Å². The maximum absolute atomic E-state index is 10.9. The third kappa shape index (κ3) is 7.32. The normalized spacial score (nSPS) is 16.4. The molecule has 7 nitrogen and oxygen atoms in total. The predicted octanol–water partition coefficient (Wildman–Crippen LogP) is 2.88. The average Bonchev–Trinajstić information content (AvgIpc) is 2.37. The van der Waals surface area contributed by atoms with Crippen molar-refractivity contribution in [2.45, 2.75) is 38.0 Å². The van der Waals surface area contributed by atoms with Crippen molar-refractivity contribution in [3.8, 4) is 5.75 Å². The lowest BCUT2D eigenvalue weighted by Gasteiger charge is -2.22. The van der Waals surface area contributed by atoms with Crippen LogP contribution in [0.2, 0.25) is 0 Å². The van der Waals surface area contributed by atoms with Crippen molar-refractivity contribution >= 4 is 27.6 Å². The predicted molar refractivity (Wildman–Crippen MR) is 82.3 cm³/mol. The monoisotopic (exact) mass is 432 g/mol. The van der Waals surface area contributed by atoms with Gasteiger partial charge in [0.2, 0.25) is 0 Å². The number of rotatable bonds is 2. The molecule has 0 aromatic heterocycles. The lowest BCUT2D eigenvalue weighted by Crippen LogP contribution is -2.04. The minimum atomic E-state index is -4.64. The standard InChI is InChI=1S/C12H15IO3.H3O4P/c14-12-8-10(6-7-11(12)13(15)16)9-4-2-1-3-5-9;1-5(2,3)4/h6-9,14H,1-5H2;(H3,1,2,3,4). The van der Waals surface area contributed by atoms with Gasteiger partial charge >= 0.3 is 27.6 Å². The van der Waals surface area contributed by atoms with Crippen LogP contribution in [0.1, 0.15) is 43.6 Å². The number of aromatic hydroxyl groups is 1. The first-order valence-electron chi connectivity index (χ1n) is 6.35. The zero-order chi connectivity index (χ0) is 16.0. The molecule has 0 bridgehead atoms. The van der Waals surface area contributed by atoms with E-state index in [4.69, 9.17) is 19.2 Å². The highest BCUT2D eigenvalue weighted by Gasteiger charge is 2.17. The molecule has 1 saturated carbocycles. The molecule has 0 unspecified atom stereocenters. The van der Waals surface area contributed by atoms with Crippen molar-refractivity contribution in [2.24, 2.45) is 0 Å². The van der Waals surface area contributed by atoms with Gasteiger partial charge in [-0.1, -0.05) is 25.3 Å². The molecule has 0 radical (unpaired) electrons. The highest BCUT2D eigenvalue weighted by molar-refractivity contribution is 14.2. The second-order valence-electron chi connectivity index (χ2n) is 4.78. The van der Waals surface area contributed by atoms with E-state index in [0.717, 1.165) is 18.4 Å². The van der Waals surface area contributed by atoms with Gasteiger partial charge in [-0.15, -0.1) is 0 Å². The number of hydrogen-bond donors (Lipinski definition) is 4. The van der Waals surface area contributed by atoms with Gasteiger partial charge in [0.1, 0.15) is 9.32 Å². The Morgan fingerprint density at radius 2 is 1.57 bits per heavy atom. The summed E-state index contributed by atoms with van der Waals surface area (Å²) >= 11 is -3.55. The first-order chi connectivity index (χ1) is 9.68. The Balaban J connectivity index is 0.000000383. The fourth-order valence-corrected chi connectivity index (χ4v) is 3.43. The first kappa shape index (κ1) is 18.5. The van der Waals surface area contributed by atoms with Crippen LogP contribution in [0.3, 0.4) is 0 Å². The van der Waals surface area contributed by atoms with E-state index in [2.05, 4.69) is 0 Å². The van der Waals surface area contributed by atoms with Gasteiger partial charge in [-0.25, -0.2) is 10.7 Å². The highest BCUT2D eigenvalue weighted by atomic mass is 127. The van der Waals surface area contributed by atoms with Crippen LogP contribution >= 0.6 is 27.6 Å². The Hall–Kier alpha value is -0.540. The minimum Gasteiger partial charge on any atom is -0.507 e. The average molecular weight is 432 g/mol. The molecule has 0 saturated heterocycles. The van der Waals surface area contributed by atoms with Crippen LogP contribution in [0.5, 0.6) is 5.75 Å². The van der Waals surface area contributed by atoms with E-state index in [9.17, 15) is 11.2 Å². The molecule has 1 aliphatic carbocycles. The van der Waals surface area contributed by atoms with Gasteiger partial charge in [0, 0.05) is 0 Å². The summed E-state index contributed by atoms with van der Waals surface area (Å²) in [6.45, 7) is 0. The molecular formula is C12H18IO7P. The second kappa shape index (κ2) is 8.19. The molecule has 4 N–H and O–H groups in total. The lowest BCUT2D eigenvalue weighted by molar-refractivity contribution is 0.275. The zero-order valence-corrected chi connectivity index (χ0v) is 14.2. The van der Waals surface area contributed by atoms with E-state index < -0.39 is 27.6 Å². The SMILES string of the molecule is O=I(=O)c1ccc(C2CCCCC2)cc1O.O=P(O)(O)O. The first-order valence-corrected chi connectivity index (χ1v) is 10.8. The summed E-state index contributed by atoms with van der Waals surface area (Å²) < 4.78 is 30.8. The molecule has 9 heteroatoms. The van der Waals surface area contributed by atoms with Gasteiger partial charge in [-0.05, 0) is 36.5 Å². The number of phosphoric acid groups is 1. The number of halogens is 1. The van der Waals surface area contributed by atoms with Crippen molar-refractivity contribution in [3.05, 3.63) is 27.3 Å². The van der Waals surface area contributed by atoms with Gasteiger partial charge in [-0.3, -0.25) is 0 Å².